The van der Waals surface area contributed by atoms with Crippen LogP contribution in [0.5, 0.6) is 0 Å². The van der Waals surface area contributed by atoms with Gasteiger partial charge in [0.25, 0.3) is 0 Å². The van der Waals surface area contributed by atoms with Gasteiger partial charge in [-0.1, -0.05) is 6.07 Å². The monoisotopic (exact) mass is 297 g/mol. The Hall–Kier alpha value is -2.27. The number of amides is 1. The molecule has 0 radical (unpaired) electrons. The van der Waals surface area contributed by atoms with E-state index in [0.717, 1.165) is 27.2 Å². The van der Waals surface area contributed by atoms with Gasteiger partial charge in [0.05, 0.1) is 10.7 Å². The van der Waals surface area contributed by atoms with Crippen molar-refractivity contribution in [3.63, 3.8) is 0 Å². The van der Waals surface area contributed by atoms with Crippen LogP contribution in [0, 0.1) is 6.92 Å². The molecular weight excluding hydrogens is 282 g/mol. The molecule has 2 heterocycles. The van der Waals surface area contributed by atoms with Crippen LogP contribution >= 0.6 is 11.3 Å². The molecule has 0 fully saturated rings. The molecule has 1 aromatic carbocycles. The van der Waals surface area contributed by atoms with Crippen LogP contribution in [-0.2, 0) is 11.2 Å². The molecule has 106 valence electrons. The van der Waals surface area contributed by atoms with E-state index in [4.69, 9.17) is 0 Å². The second-order valence-electron chi connectivity index (χ2n) is 4.84. The standard InChI is InChI=1S/C16H15N3OS/c1-11-18-15(10-21-11)4-5-16(20)19-14-3-2-13-9-17-7-6-12(13)8-14/h2-3,6-10H,4-5H2,1H3,(H,19,20). The molecule has 3 rings (SSSR count). The van der Waals surface area contributed by atoms with Crippen molar-refractivity contribution >= 4 is 33.7 Å². The first kappa shape index (κ1) is 13.7. The maximum Gasteiger partial charge on any atom is 0.224 e. The number of aromatic nitrogens is 2. The number of benzene rings is 1. The lowest BCUT2D eigenvalue weighted by Gasteiger charge is -2.06. The third-order valence-corrected chi connectivity index (χ3v) is 4.02. The van der Waals surface area contributed by atoms with Gasteiger partial charge in [-0.05, 0) is 36.9 Å². The van der Waals surface area contributed by atoms with Gasteiger partial charge in [-0.2, -0.15) is 0 Å². The third-order valence-electron chi connectivity index (χ3n) is 3.20. The summed E-state index contributed by atoms with van der Waals surface area (Å²) in [7, 11) is 0. The average molecular weight is 297 g/mol. The number of pyridine rings is 1. The molecule has 1 N–H and O–H groups in total. The number of nitrogens with zero attached hydrogens (tertiary/aromatic N) is 2. The number of carbonyl (C=O) groups is 1. The van der Waals surface area contributed by atoms with E-state index in [2.05, 4.69) is 15.3 Å². The van der Waals surface area contributed by atoms with Crippen LogP contribution in [-0.4, -0.2) is 15.9 Å². The molecule has 0 spiro atoms. The molecule has 0 saturated heterocycles. The molecule has 0 unspecified atom stereocenters. The molecule has 0 saturated carbocycles. The van der Waals surface area contributed by atoms with E-state index >= 15 is 0 Å². The highest BCUT2D eigenvalue weighted by atomic mass is 32.1. The Balaban J connectivity index is 1.63. The number of rotatable bonds is 4. The zero-order valence-electron chi connectivity index (χ0n) is 11.7. The summed E-state index contributed by atoms with van der Waals surface area (Å²) < 4.78 is 0. The van der Waals surface area contributed by atoms with Crippen LogP contribution in [0.15, 0.2) is 42.0 Å². The topological polar surface area (TPSA) is 54.9 Å². The number of thiazole rings is 1. The fourth-order valence-electron chi connectivity index (χ4n) is 2.15. The summed E-state index contributed by atoms with van der Waals surface area (Å²) in [6, 6.07) is 7.75. The molecule has 0 aliphatic carbocycles. The Morgan fingerprint density at radius 1 is 1.29 bits per heavy atom. The minimum atomic E-state index is 0.00839. The number of aryl methyl sites for hydroxylation is 2. The van der Waals surface area contributed by atoms with E-state index in [-0.39, 0.29) is 5.91 Å². The quantitative estimate of drug-likeness (QED) is 0.801. The Kier molecular flexibility index (Phi) is 3.92. The van der Waals surface area contributed by atoms with Crippen LogP contribution in [0.25, 0.3) is 10.8 Å². The van der Waals surface area contributed by atoms with Crippen molar-refractivity contribution in [2.75, 3.05) is 5.32 Å². The summed E-state index contributed by atoms with van der Waals surface area (Å²) in [5.41, 5.74) is 1.80. The number of carbonyl (C=O) groups excluding carboxylic acids is 1. The smallest absolute Gasteiger partial charge is 0.224 e. The largest absolute Gasteiger partial charge is 0.326 e. The van der Waals surface area contributed by atoms with Crippen LogP contribution in [0.2, 0.25) is 0 Å². The first-order chi connectivity index (χ1) is 10.2. The first-order valence-corrected chi connectivity index (χ1v) is 7.63. The molecule has 4 nitrogen and oxygen atoms in total. The summed E-state index contributed by atoms with van der Waals surface area (Å²) in [4.78, 5) is 20.4. The molecule has 0 aliphatic rings. The van der Waals surface area contributed by atoms with E-state index < -0.39 is 0 Å². The average Bonchev–Trinajstić information content (AvgIpc) is 2.91. The highest BCUT2D eigenvalue weighted by Gasteiger charge is 2.06. The number of anilines is 1. The lowest BCUT2D eigenvalue weighted by molar-refractivity contribution is -0.116. The first-order valence-electron chi connectivity index (χ1n) is 6.75. The van der Waals surface area contributed by atoms with Gasteiger partial charge in [-0.25, -0.2) is 4.98 Å². The Labute approximate surface area is 126 Å². The maximum absolute atomic E-state index is 12.0. The van der Waals surface area contributed by atoms with E-state index in [1.165, 1.54) is 0 Å². The van der Waals surface area contributed by atoms with E-state index in [0.29, 0.717) is 12.8 Å². The van der Waals surface area contributed by atoms with Gasteiger partial charge in [0.15, 0.2) is 0 Å². The molecule has 0 bridgehead atoms. The highest BCUT2D eigenvalue weighted by Crippen LogP contribution is 2.18. The van der Waals surface area contributed by atoms with Gasteiger partial charge in [-0.3, -0.25) is 9.78 Å². The molecular formula is C16H15N3OS. The normalized spacial score (nSPS) is 10.7. The van der Waals surface area contributed by atoms with E-state index in [1.54, 1.807) is 17.5 Å². The van der Waals surface area contributed by atoms with Crippen molar-refractivity contribution in [2.24, 2.45) is 0 Å². The zero-order valence-corrected chi connectivity index (χ0v) is 12.5. The second kappa shape index (κ2) is 6.01. The van der Waals surface area contributed by atoms with Crippen LogP contribution in [0.4, 0.5) is 5.69 Å². The SMILES string of the molecule is Cc1nc(CCC(=O)Nc2ccc3cnccc3c2)cs1. The van der Waals surface area contributed by atoms with Crippen LogP contribution < -0.4 is 5.32 Å². The number of hydrogen-bond donors (Lipinski definition) is 1. The van der Waals surface area contributed by atoms with Crippen molar-refractivity contribution < 1.29 is 4.79 Å². The lowest BCUT2D eigenvalue weighted by Crippen LogP contribution is -2.12. The number of fused-ring (bicyclic) bond motifs is 1. The molecule has 0 aliphatic heterocycles. The minimum Gasteiger partial charge on any atom is -0.326 e. The molecule has 5 heteroatoms. The van der Waals surface area contributed by atoms with Gasteiger partial charge < -0.3 is 5.32 Å². The Morgan fingerprint density at radius 2 is 2.19 bits per heavy atom. The van der Waals surface area contributed by atoms with Crippen molar-refractivity contribution in [3.8, 4) is 0 Å². The van der Waals surface area contributed by atoms with Crippen molar-refractivity contribution in [1.29, 1.82) is 0 Å². The van der Waals surface area contributed by atoms with Gasteiger partial charge >= 0.3 is 0 Å². The molecule has 3 aromatic rings. The summed E-state index contributed by atoms with van der Waals surface area (Å²) in [5, 5.41) is 8.10. The van der Waals surface area contributed by atoms with Crippen molar-refractivity contribution in [1.82, 2.24) is 9.97 Å². The maximum atomic E-state index is 12.0. The predicted molar refractivity (Wildman–Crippen MR) is 85.5 cm³/mol. The van der Waals surface area contributed by atoms with Gasteiger partial charge in [-0.15, -0.1) is 11.3 Å². The molecule has 1 amide bonds. The van der Waals surface area contributed by atoms with Crippen LogP contribution in [0.1, 0.15) is 17.1 Å². The number of hydrogen-bond acceptors (Lipinski definition) is 4. The van der Waals surface area contributed by atoms with Crippen molar-refractivity contribution in [2.45, 2.75) is 19.8 Å². The summed E-state index contributed by atoms with van der Waals surface area (Å²) >= 11 is 1.61. The zero-order chi connectivity index (χ0) is 14.7. The Bertz CT molecular complexity index is 782. The second-order valence-corrected chi connectivity index (χ2v) is 5.91. The third kappa shape index (κ3) is 3.44. The number of nitrogens with one attached hydrogen (secondary N) is 1. The van der Waals surface area contributed by atoms with E-state index in [9.17, 15) is 4.79 Å². The molecule has 0 atom stereocenters. The lowest BCUT2D eigenvalue weighted by atomic mass is 10.1. The summed E-state index contributed by atoms with van der Waals surface area (Å²) in [6.45, 7) is 1.97. The fraction of sp³-hybridized carbons (Fsp3) is 0.188. The fourth-order valence-corrected chi connectivity index (χ4v) is 2.80. The highest BCUT2D eigenvalue weighted by molar-refractivity contribution is 7.09. The Morgan fingerprint density at radius 3 is 3.00 bits per heavy atom. The van der Waals surface area contributed by atoms with Gasteiger partial charge in [0.2, 0.25) is 5.91 Å². The van der Waals surface area contributed by atoms with Crippen molar-refractivity contribution in [3.05, 3.63) is 52.7 Å². The predicted octanol–water partition coefficient (Wildman–Crippen LogP) is 3.57. The summed E-state index contributed by atoms with van der Waals surface area (Å²) in [5.74, 6) is 0.00839. The molecule has 21 heavy (non-hydrogen) atoms. The van der Waals surface area contributed by atoms with Crippen LogP contribution in [0.3, 0.4) is 0 Å². The minimum absolute atomic E-state index is 0.00839. The van der Waals surface area contributed by atoms with Gasteiger partial charge in [0, 0.05) is 35.3 Å². The molecule has 2 aromatic heterocycles. The van der Waals surface area contributed by atoms with Gasteiger partial charge in [0.1, 0.15) is 0 Å². The summed E-state index contributed by atoms with van der Waals surface area (Å²) in [6.07, 6.45) is 4.68. The van der Waals surface area contributed by atoms with E-state index in [1.807, 2.05) is 42.8 Å².